The lowest BCUT2D eigenvalue weighted by Crippen LogP contribution is -2.36. The van der Waals surface area contributed by atoms with Gasteiger partial charge < -0.3 is 4.74 Å². The van der Waals surface area contributed by atoms with E-state index in [0.717, 1.165) is 18.3 Å². The minimum Gasteiger partial charge on any atom is -0.497 e. The van der Waals surface area contributed by atoms with E-state index in [1.54, 1.807) is 7.11 Å². The third kappa shape index (κ3) is 3.18. The maximum absolute atomic E-state index is 5.35. The molecular weight excluding hydrogens is 316 g/mol. The van der Waals surface area contributed by atoms with E-state index >= 15 is 0 Å². The second-order valence-corrected chi connectivity index (χ2v) is 6.73. The first-order valence-electron chi connectivity index (χ1n) is 7.55. The summed E-state index contributed by atoms with van der Waals surface area (Å²) < 4.78 is 6.53. The maximum Gasteiger partial charge on any atom is 0.119 e. The van der Waals surface area contributed by atoms with Crippen molar-refractivity contribution in [3.05, 3.63) is 28.2 Å². The molecule has 110 valence electrons. The highest BCUT2D eigenvalue weighted by Gasteiger charge is 2.28. The van der Waals surface area contributed by atoms with Crippen molar-refractivity contribution in [2.75, 3.05) is 33.3 Å². The molecule has 1 aromatic carbocycles. The highest BCUT2D eigenvalue weighted by molar-refractivity contribution is 9.10. The van der Waals surface area contributed by atoms with Crippen molar-refractivity contribution < 1.29 is 4.74 Å². The molecule has 4 heteroatoms. The van der Waals surface area contributed by atoms with E-state index in [0.29, 0.717) is 0 Å². The van der Waals surface area contributed by atoms with E-state index in [2.05, 4.69) is 37.9 Å². The molecule has 1 aromatic rings. The van der Waals surface area contributed by atoms with Gasteiger partial charge in [0.1, 0.15) is 5.75 Å². The van der Waals surface area contributed by atoms with Gasteiger partial charge in [0.05, 0.1) is 7.11 Å². The zero-order chi connectivity index (χ0) is 13.9. The average molecular weight is 339 g/mol. The summed E-state index contributed by atoms with van der Waals surface area (Å²) in [6.07, 6.45) is 4.04. The van der Waals surface area contributed by atoms with E-state index in [9.17, 15) is 0 Å². The van der Waals surface area contributed by atoms with Crippen molar-refractivity contribution in [1.82, 2.24) is 9.80 Å². The van der Waals surface area contributed by atoms with Crippen LogP contribution in [0.25, 0.3) is 0 Å². The number of hydrogen-bond donors (Lipinski definition) is 0. The third-order valence-corrected chi connectivity index (χ3v) is 5.31. The summed E-state index contributed by atoms with van der Waals surface area (Å²) in [5.41, 5.74) is 1.33. The molecule has 0 bridgehead atoms. The normalized spacial score (nSPS) is 24.4. The number of nitrogens with zero attached hydrogens (tertiary/aromatic N) is 2. The minimum absolute atomic E-state index is 0.780. The Labute approximate surface area is 130 Å². The molecule has 0 aromatic heterocycles. The lowest BCUT2D eigenvalue weighted by atomic mass is 10.1. The van der Waals surface area contributed by atoms with Crippen molar-refractivity contribution in [2.45, 2.75) is 31.8 Å². The van der Waals surface area contributed by atoms with Crippen LogP contribution in [0, 0.1) is 0 Å². The van der Waals surface area contributed by atoms with E-state index in [1.165, 1.54) is 55.5 Å². The Kier molecular flexibility index (Phi) is 4.64. The number of fused-ring (bicyclic) bond motifs is 1. The Morgan fingerprint density at radius 3 is 2.95 bits per heavy atom. The van der Waals surface area contributed by atoms with Gasteiger partial charge in [0.25, 0.3) is 0 Å². The predicted molar refractivity (Wildman–Crippen MR) is 85.2 cm³/mol. The van der Waals surface area contributed by atoms with Crippen LogP contribution in [0.5, 0.6) is 5.75 Å². The summed E-state index contributed by atoms with van der Waals surface area (Å²) in [6.45, 7) is 6.02. The summed E-state index contributed by atoms with van der Waals surface area (Å²) in [6, 6.07) is 7.03. The SMILES string of the molecule is COc1ccc(Br)c(CN2CCCN3CCCC3C2)c1. The molecule has 1 unspecified atom stereocenters. The minimum atomic E-state index is 0.780. The van der Waals surface area contributed by atoms with Gasteiger partial charge in [-0.1, -0.05) is 15.9 Å². The van der Waals surface area contributed by atoms with E-state index in [4.69, 9.17) is 4.74 Å². The molecule has 3 rings (SSSR count). The fraction of sp³-hybridized carbons (Fsp3) is 0.625. The van der Waals surface area contributed by atoms with Crippen LogP contribution in [0.15, 0.2) is 22.7 Å². The number of methoxy groups -OCH3 is 1. The standard InChI is InChI=1S/C16H23BrN2O/c1-20-15-5-6-16(17)13(10-15)11-18-7-3-9-19-8-2-4-14(19)12-18/h5-6,10,14H,2-4,7-9,11-12H2,1H3. The summed E-state index contributed by atoms with van der Waals surface area (Å²) in [7, 11) is 1.73. The van der Waals surface area contributed by atoms with E-state index in [-0.39, 0.29) is 0 Å². The Hall–Kier alpha value is -0.580. The molecule has 3 nitrogen and oxygen atoms in total. The summed E-state index contributed by atoms with van der Waals surface area (Å²) in [5.74, 6) is 0.945. The molecule has 2 aliphatic heterocycles. The zero-order valence-corrected chi connectivity index (χ0v) is 13.7. The molecule has 0 spiro atoms. The Bertz CT molecular complexity index is 466. The first-order valence-corrected chi connectivity index (χ1v) is 8.34. The monoisotopic (exact) mass is 338 g/mol. The van der Waals surface area contributed by atoms with Crippen LogP contribution in [-0.4, -0.2) is 49.1 Å². The second-order valence-electron chi connectivity index (χ2n) is 5.88. The van der Waals surface area contributed by atoms with Crippen LogP contribution in [0.2, 0.25) is 0 Å². The first kappa shape index (κ1) is 14.4. The van der Waals surface area contributed by atoms with Crippen LogP contribution in [-0.2, 0) is 6.54 Å². The van der Waals surface area contributed by atoms with E-state index < -0.39 is 0 Å². The lowest BCUT2D eigenvalue weighted by Gasteiger charge is -2.26. The fourth-order valence-electron chi connectivity index (χ4n) is 3.47. The van der Waals surface area contributed by atoms with Crippen LogP contribution < -0.4 is 4.74 Å². The molecular formula is C16H23BrN2O. The molecule has 2 heterocycles. The second kappa shape index (κ2) is 6.46. The van der Waals surface area contributed by atoms with Crippen LogP contribution >= 0.6 is 15.9 Å². The lowest BCUT2D eigenvalue weighted by molar-refractivity contribution is 0.215. The molecule has 0 aliphatic carbocycles. The van der Waals surface area contributed by atoms with Gasteiger partial charge >= 0.3 is 0 Å². The van der Waals surface area contributed by atoms with Crippen molar-refractivity contribution in [3.63, 3.8) is 0 Å². The van der Waals surface area contributed by atoms with E-state index in [1.807, 2.05) is 6.07 Å². The highest BCUT2D eigenvalue weighted by atomic mass is 79.9. The molecule has 2 fully saturated rings. The number of halogens is 1. The van der Waals surface area contributed by atoms with Crippen molar-refractivity contribution in [2.24, 2.45) is 0 Å². The number of ether oxygens (including phenoxy) is 1. The average Bonchev–Trinajstić information content (AvgIpc) is 2.80. The first-order chi connectivity index (χ1) is 9.76. The summed E-state index contributed by atoms with van der Waals surface area (Å²) >= 11 is 3.67. The van der Waals surface area contributed by atoms with Gasteiger partial charge in [-0.3, -0.25) is 9.80 Å². The zero-order valence-electron chi connectivity index (χ0n) is 12.1. The summed E-state index contributed by atoms with van der Waals surface area (Å²) in [5, 5.41) is 0. The van der Waals surface area contributed by atoms with Crippen LogP contribution in [0.1, 0.15) is 24.8 Å². The molecule has 2 saturated heterocycles. The highest BCUT2D eigenvalue weighted by Crippen LogP contribution is 2.26. The van der Waals surface area contributed by atoms with Crippen LogP contribution in [0.3, 0.4) is 0 Å². The number of hydrogen-bond acceptors (Lipinski definition) is 3. The maximum atomic E-state index is 5.35. The molecule has 20 heavy (non-hydrogen) atoms. The quantitative estimate of drug-likeness (QED) is 0.842. The Morgan fingerprint density at radius 1 is 1.25 bits per heavy atom. The van der Waals surface area contributed by atoms with Gasteiger partial charge in [-0.2, -0.15) is 0 Å². The molecule has 1 atom stereocenters. The molecule has 0 saturated carbocycles. The van der Waals surface area contributed by atoms with Gasteiger partial charge in [-0.15, -0.1) is 0 Å². The topological polar surface area (TPSA) is 15.7 Å². The fourth-order valence-corrected chi connectivity index (χ4v) is 3.84. The third-order valence-electron chi connectivity index (χ3n) is 4.53. The predicted octanol–water partition coefficient (Wildman–Crippen LogP) is 3.13. The van der Waals surface area contributed by atoms with Gasteiger partial charge in [0.2, 0.25) is 0 Å². The van der Waals surface area contributed by atoms with Crippen molar-refractivity contribution >= 4 is 15.9 Å². The van der Waals surface area contributed by atoms with Gasteiger partial charge in [-0.05, 0) is 62.7 Å². The molecule has 2 aliphatic rings. The molecule has 0 N–H and O–H groups in total. The van der Waals surface area contributed by atoms with Gasteiger partial charge in [0, 0.05) is 23.6 Å². The molecule has 0 amide bonds. The summed E-state index contributed by atoms with van der Waals surface area (Å²) in [4.78, 5) is 5.29. The van der Waals surface area contributed by atoms with Crippen molar-refractivity contribution in [1.29, 1.82) is 0 Å². The van der Waals surface area contributed by atoms with Gasteiger partial charge in [0.15, 0.2) is 0 Å². The van der Waals surface area contributed by atoms with Crippen molar-refractivity contribution in [3.8, 4) is 5.75 Å². The number of benzene rings is 1. The van der Waals surface area contributed by atoms with Gasteiger partial charge in [-0.25, -0.2) is 0 Å². The molecule has 0 radical (unpaired) electrons. The van der Waals surface area contributed by atoms with Crippen LogP contribution in [0.4, 0.5) is 0 Å². The largest absolute Gasteiger partial charge is 0.497 e. The number of rotatable bonds is 3. The Balaban J connectivity index is 1.70. The smallest absolute Gasteiger partial charge is 0.119 e. The Morgan fingerprint density at radius 2 is 2.10 bits per heavy atom.